The van der Waals surface area contributed by atoms with Crippen LogP contribution in [0.4, 0.5) is 5.69 Å². The van der Waals surface area contributed by atoms with Gasteiger partial charge in [0.1, 0.15) is 0 Å². The van der Waals surface area contributed by atoms with Crippen molar-refractivity contribution < 1.29 is 9.53 Å². The third kappa shape index (κ3) is 4.03. The molecular formula is C23H24N4O2S. The average Bonchev–Trinajstić information content (AvgIpc) is 2.89. The standard InChI is InChI=1S/C23H24N4O2S/c1-4-5-14-30-23-24-21-20(25-26-23)18-8-6-7-9-19(18)27(16(3)28)22(29-21)17-12-10-15(2)11-13-17/h6-13,22H,4-5,14H2,1-3H3/t22-/m1/s1. The van der Waals surface area contributed by atoms with Crippen LogP contribution in [-0.4, -0.2) is 26.8 Å². The van der Waals surface area contributed by atoms with Crippen molar-refractivity contribution in [3.63, 3.8) is 0 Å². The molecule has 4 rings (SSSR count). The van der Waals surface area contributed by atoms with Gasteiger partial charge in [0, 0.05) is 23.8 Å². The quantitative estimate of drug-likeness (QED) is 0.418. The Kier molecular flexibility index (Phi) is 5.99. The molecule has 1 aliphatic rings. The molecule has 0 saturated heterocycles. The third-order valence-corrected chi connectivity index (χ3v) is 5.87. The number of hydrogen-bond donors (Lipinski definition) is 0. The number of nitrogens with zero attached hydrogens (tertiary/aromatic N) is 4. The number of anilines is 1. The molecule has 7 heteroatoms. The maximum absolute atomic E-state index is 12.7. The number of unbranched alkanes of at least 4 members (excludes halogenated alkanes) is 1. The molecule has 1 aromatic heterocycles. The van der Waals surface area contributed by atoms with Crippen molar-refractivity contribution in [2.45, 2.75) is 45.0 Å². The van der Waals surface area contributed by atoms with Crippen molar-refractivity contribution in [3.05, 3.63) is 59.7 Å². The number of para-hydroxylation sites is 1. The summed E-state index contributed by atoms with van der Waals surface area (Å²) in [5.41, 5.74) is 4.07. The van der Waals surface area contributed by atoms with E-state index in [1.54, 1.807) is 23.6 Å². The molecule has 0 aliphatic carbocycles. The molecule has 0 bridgehead atoms. The first kappa shape index (κ1) is 20.3. The van der Waals surface area contributed by atoms with Crippen LogP contribution in [0.2, 0.25) is 0 Å². The molecule has 0 saturated carbocycles. The zero-order chi connectivity index (χ0) is 21.1. The fraction of sp³-hybridized carbons (Fsp3) is 0.304. The monoisotopic (exact) mass is 420 g/mol. The normalized spacial score (nSPS) is 15.0. The van der Waals surface area contributed by atoms with Gasteiger partial charge in [0.2, 0.25) is 23.2 Å². The minimum Gasteiger partial charge on any atom is -0.447 e. The number of benzene rings is 2. The van der Waals surface area contributed by atoms with Crippen molar-refractivity contribution >= 4 is 23.4 Å². The van der Waals surface area contributed by atoms with Crippen molar-refractivity contribution in [1.82, 2.24) is 15.2 Å². The van der Waals surface area contributed by atoms with Crippen LogP contribution in [0, 0.1) is 6.92 Å². The van der Waals surface area contributed by atoms with Gasteiger partial charge < -0.3 is 4.74 Å². The Labute approximate surface area is 180 Å². The van der Waals surface area contributed by atoms with Gasteiger partial charge in [-0.15, -0.1) is 10.2 Å². The van der Waals surface area contributed by atoms with E-state index in [1.165, 1.54) is 0 Å². The molecule has 0 radical (unpaired) electrons. The maximum atomic E-state index is 12.7. The highest BCUT2D eigenvalue weighted by molar-refractivity contribution is 7.99. The number of carbonyl (C=O) groups excluding carboxylic acids is 1. The average molecular weight is 421 g/mol. The molecule has 0 spiro atoms. The Morgan fingerprint density at radius 3 is 2.63 bits per heavy atom. The van der Waals surface area contributed by atoms with Crippen LogP contribution in [0.3, 0.4) is 0 Å². The van der Waals surface area contributed by atoms with Crippen molar-refractivity contribution in [3.8, 4) is 17.1 Å². The van der Waals surface area contributed by atoms with Crippen LogP contribution in [0.1, 0.15) is 44.0 Å². The van der Waals surface area contributed by atoms with E-state index in [0.717, 1.165) is 41.0 Å². The summed E-state index contributed by atoms with van der Waals surface area (Å²) in [5.74, 6) is 1.20. The van der Waals surface area contributed by atoms with Crippen LogP contribution in [0.15, 0.2) is 53.7 Å². The maximum Gasteiger partial charge on any atom is 0.247 e. The fourth-order valence-electron chi connectivity index (χ4n) is 3.37. The van der Waals surface area contributed by atoms with E-state index in [9.17, 15) is 4.79 Å². The minimum atomic E-state index is -0.643. The number of amides is 1. The third-order valence-electron chi connectivity index (χ3n) is 4.94. The van der Waals surface area contributed by atoms with E-state index in [2.05, 4.69) is 22.1 Å². The number of rotatable bonds is 5. The molecular weight excluding hydrogens is 396 g/mol. The molecule has 2 aromatic carbocycles. The second kappa shape index (κ2) is 8.83. The van der Waals surface area contributed by atoms with Crippen molar-refractivity contribution in [1.29, 1.82) is 0 Å². The zero-order valence-electron chi connectivity index (χ0n) is 17.3. The summed E-state index contributed by atoms with van der Waals surface area (Å²) in [4.78, 5) is 19.1. The molecule has 6 nitrogen and oxygen atoms in total. The Hall–Kier alpha value is -2.93. The Bertz CT molecular complexity index is 1060. The van der Waals surface area contributed by atoms with Crippen LogP contribution in [-0.2, 0) is 4.79 Å². The highest BCUT2D eigenvalue weighted by atomic mass is 32.2. The van der Waals surface area contributed by atoms with Crippen molar-refractivity contribution in [2.75, 3.05) is 10.7 Å². The molecule has 1 atom stereocenters. The van der Waals surface area contributed by atoms with Crippen LogP contribution < -0.4 is 9.64 Å². The smallest absolute Gasteiger partial charge is 0.247 e. The van der Waals surface area contributed by atoms with E-state index in [0.29, 0.717) is 16.7 Å². The summed E-state index contributed by atoms with van der Waals surface area (Å²) in [6, 6.07) is 15.6. The summed E-state index contributed by atoms with van der Waals surface area (Å²) < 4.78 is 6.36. The number of ether oxygens (including phenoxy) is 1. The lowest BCUT2D eigenvalue weighted by Gasteiger charge is -2.29. The summed E-state index contributed by atoms with van der Waals surface area (Å²) in [6.07, 6.45) is 1.55. The lowest BCUT2D eigenvalue weighted by atomic mass is 10.1. The molecule has 3 aromatic rings. The summed E-state index contributed by atoms with van der Waals surface area (Å²) in [5, 5.41) is 9.32. The first-order valence-electron chi connectivity index (χ1n) is 10.1. The largest absolute Gasteiger partial charge is 0.447 e. The number of aryl methyl sites for hydroxylation is 1. The summed E-state index contributed by atoms with van der Waals surface area (Å²) in [6.45, 7) is 5.73. The lowest BCUT2D eigenvalue weighted by molar-refractivity contribution is -0.118. The van der Waals surface area contributed by atoms with E-state index < -0.39 is 6.23 Å². The molecule has 30 heavy (non-hydrogen) atoms. The van der Waals surface area contributed by atoms with Crippen LogP contribution in [0.5, 0.6) is 5.88 Å². The van der Waals surface area contributed by atoms with Crippen LogP contribution >= 0.6 is 11.8 Å². The molecule has 1 amide bonds. The molecule has 2 heterocycles. The Balaban J connectivity index is 1.84. The van der Waals surface area contributed by atoms with Gasteiger partial charge in [-0.3, -0.25) is 9.69 Å². The highest BCUT2D eigenvalue weighted by Gasteiger charge is 2.34. The van der Waals surface area contributed by atoms with Gasteiger partial charge in [0.15, 0.2) is 5.69 Å². The van der Waals surface area contributed by atoms with Gasteiger partial charge in [0.25, 0.3) is 0 Å². The number of thioether (sulfide) groups is 1. The van der Waals surface area contributed by atoms with E-state index in [-0.39, 0.29) is 5.91 Å². The SMILES string of the molecule is CCCCSc1nnc2c(n1)O[C@H](c1ccc(C)cc1)N(C(C)=O)c1ccccc1-2. The summed E-state index contributed by atoms with van der Waals surface area (Å²) in [7, 11) is 0. The topological polar surface area (TPSA) is 68.2 Å². The van der Waals surface area contributed by atoms with E-state index in [1.807, 2.05) is 55.5 Å². The van der Waals surface area contributed by atoms with E-state index >= 15 is 0 Å². The van der Waals surface area contributed by atoms with Crippen molar-refractivity contribution in [2.24, 2.45) is 0 Å². The fourth-order valence-corrected chi connectivity index (χ4v) is 4.23. The lowest BCUT2D eigenvalue weighted by Crippen LogP contribution is -2.36. The van der Waals surface area contributed by atoms with Gasteiger partial charge in [0.05, 0.1) is 5.69 Å². The predicted molar refractivity (Wildman–Crippen MR) is 119 cm³/mol. The minimum absolute atomic E-state index is 0.119. The van der Waals surface area contributed by atoms with Gasteiger partial charge in [-0.25, -0.2) is 0 Å². The van der Waals surface area contributed by atoms with E-state index in [4.69, 9.17) is 4.74 Å². The van der Waals surface area contributed by atoms with Crippen LogP contribution in [0.25, 0.3) is 11.3 Å². The first-order valence-corrected chi connectivity index (χ1v) is 11.1. The van der Waals surface area contributed by atoms with Gasteiger partial charge in [-0.2, -0.15) is 4.98 Å². The molecule has 0 unspecified atom stereocenters. The number of carbonyl (C=O) groups is 1. The Morgan fingerprint density at radius 1 is 1.13 bits per heavy atom. The Morgan fingerprint density at radius 2 is 1.90 bits per heavy atom. The second-order valence-electron chi connectivity index (χ2n) is 7.24. The second-order valence-corrected chi connectivity index (χ2v) is 8.30. The zero-order valence-corrected chi connectivity index (χ0v) is 18.1. The molecule has 0 N–H and O–H groups in total. The first-order chi connectivity index (χ1) is 14.6. The summed E-state index contributed by atoms with van der Waals surface area (Å²) >= 11 is 1.57. The van der Waals surface area contributed by atoms with Gasteiger partial charge >= 0.3 is 0 Å². The van der Waals surface area contributed by atoms with Gasteiger partial charge in [-0.05, 0) is 19.4 Å². The number of fused-ring (bicyclic) bond motifs is 3. The number of hydrogen-bond acceptors (Lipinski definition) is 6. The number of aromatic nitrogens is 3. The predicted octanol–water partition coefficient (Wildman–Crippen LogP) is 5.18. The molecule has 0 fully saturated rings. The highest BCUT2D eigenvalue weighted by Crippen LogP contribution is 2.43. The molecule has 154 valence electrons. The van der Waals surface area contributed by atoms with Gasteiger partial charge in [-0.1, -0.05) is 73.1 Å². The molecule has 1 aliphatic heterocycles.